The van der Waals surface area contributed by atoms with Crippen LogP contribution in [-0.2, 0) is 11.3 Å². The normalized spacial score (nSPS) is 17.4. The van der Waals surface area contributed by atoms with Crippen molar-refractivity contribution in [3.8, 4) is 5.88 Å². The molecule has 6 heteroatoms. The van der Waals surface area contributed by atoms with Gasteiger partial charge in [0.2, 0.25) is 5.88 Å². The third kappa shape index (κ3) is 4.04. The standard InChI is InChI=1S/C13H22N4O2/c1-14-11-8-13(16-12(15-11)9-18-3)19-10-4-6-17(2)7-5-10/h8,10H,4-7,9H2,1-3H3,(H,14,15,16). The summed E-state index contributed by atoms with van der Waals surface area (Å²) in [5, 5.41) is 3.02. The molecular weight excluding hydrogens is 244 g/mol. The van der Waals surface area contributed by atoms with E-state index < -0.39 is 0 Å². The van der Waals surface area contributed by atoms with Crippen LogP contribution in [-0.4, -0.2) is 55.3 Å². The van der Waals surface area contributed by atoms with Crippen molar-refractivity contribution >= 4 is 5.82 Å². The molecule has 0 amide bonds. The number of hydrogen-bond donors (Lipinski definition) is 1. The van der Waals surface area contributed by atoms with Crippen molar-refractivity contribution in [2.75, 3.05) is 39.6 Å². The zero-order valence-electron chi connectivity index (χ0n) is 11.8. The van der Waals surface area contributed by atoms with E-state index in [4.69, 9.17) is 9.47 Å². The molecule has 1 aliphatic rings. The Morgan fingerprint density at radius 1 is 1.37 bits per heavy atom. The Labute approximate surface area is 114 Å². The fourth-order valence-corrected chi connectivity index (χ4v) is 2.13. The Balaban J connectivity index is 2.04. The minimum absolute atomic E-state index is 0.242. The van der Waals surface area contributed by atoms with Gasteiger partial charge in [0.1, 0.15) is 18.5 Å². The lowest BCUT2D eigenvalue weighted by Gasteiger charge is -2.29. The van der Waals surface area contributed by atoms with E-state index >= 15 is 0 Å². The molecule has 1 N–H and O–H groups in total. The van der Waals surface area contributed by atoms with E-state index in [1.807, 2.05) is 13.1 Å². The van der Waals surface area contributed by atoms with Crippen molar-refractivity contribution < 1.29 is 9.47 Å². The first kappa shape index (κ1) is 14.0. The van der Waals surface area contributed by atoms with Crippen LogP contribution >= 0.6 is 0 Å². The van der Waals surface area contributed by atoms with Gasteiger partial charge in [0.25, 0.3) is 0 Å². The topological polar surface area (TPSA) is 59.5 Å². The van der Waals surface area contributed by atoms with Crippen molar-refractivity contribution in [2.24, 2.45) is 0 Å². The van der Waals surface area contributed by atoms with Gasteiger partial charge in [-0.05, 0) is 19.9 Å². The molecule has 1 fully saturated rings. The molecule has 0 bridgehead atoms. The van der Waals surface area contributed by atoms with E-state index in [0.717, 1.165) is 31.7 Å². The van der Waals surface area contributed by atoms with Crippen LogP contribution in [0.2, 0.25) is 0 Å². The van der Waals surface area contributed by atoms with Crippen LogP contribution < -0.4 is 10.1 Å². The second kappa shape index (κ2) is 6.68. The number of aromatic nitrogens is 2. The number of nitrogens with zero attached hydrogens (tertiary/aromatic N) is 3. The molecule has 106 valence electrons. The van der Waals surface area contributed by atoms with E-state index in [0.29, 0.717) is 18.3 Å². The largest absolute Gasteiger partial charge is 0.474 e. The van der Waals surface area contributed by atoms with Gasteiger partial charge in [0.15, 0.2) is 5.82 Å². The van der Waals surface area contributed by atoms with Crippen molar-refractivity contribution in [3.05, 3.63) is 11.9 Å². The van der Waals surface area contributed by atoms with E-state index in [-0.39, 0.29) is 6.10 Å². The number of piperidine rings is 1. The van der Waals surface area contributed by atoms with Crippen LogP contribution in [0.15, 0.2) is 6.07 Å². The molecule has 6 nitrogen and oxygen atoms in total. The predicted octanol–water partition coefficient (Wildman–Crippen LogP) is 1.14. The first-order valence-electron chi connectivity index (χ1n) is 6.61. The van der Waals surface area contributed by atoms with E-state index in [1.165, 1.54) is 0 Å². The van der Waals surface area contributed by atoms with Crippen molar-refractivity contribution in [1.29, 1.82) is 0 Å². The first-order valence-corrected chi connectivity index (χ1v) is 6.61. The highest BCUT2D eigenvalue weighted by Crippen LogP contribution is 2.19. The molecule has 0 unspecified atom stereocenters. The number of hydrogen-bond acceptors (Lipinski definition) is 6. The molecule has 1 aliphatic heterocycles. The minimum atomic E-state index is 0.242. The second-order valence-corrected chi connectivity index (χ2v) is 4.81. The highest BCUT2D eigenvalue weighted by Gasteiger charge is 2.19. The van der Waals surface area contributed by atoms with Crippen LogP contribution in [0.4, 0.5) is 5.82 Å². The summed E-state index contributed by atoms with van der Waals surface area (Å²) in [7, 11) is 5.60. The summed E-state index contributed by atoms with van der Waals surface area (Å²) in [6.45, 7) is 2.53. The first-order chi connectivity index (χ1) is 9.21. The number of ether oxygens (including phenoxy) is 2. The van der Waals surface area contributed by atoms with Crippen LogP contribution in [0.5, 0.6) is 5.88 Å². The van der Waals surface area contributed by atoms with Gasteiger partial charge in [0, 0.05) is 33.3 Å². The maximum Gasteiger partial charge on any atom is 0.219 e. The fourth-order valence-electron chi connectivity index (χ4n) is 2.13. The Hall–Kier alpha value is -1.40. The van der Waals surface area contributed by atoms with Gasteiger partial charge in [-0.3, -0.25) is 0 Å². The Bertz CT molecular complexity index is 406. The maximum absolute atomic E-state index is 5.96. The lowest BCUT2D eigenvalue weighted by atomic mass is 10.1. The van der Waals surface area contributed by atoms with Gasteiger partial charge < -0.3 is 19.7 Å². The molecule has 19 heavy (non-hydrogen) atoms. The zero-order valence-corrected chi connectivity index (χ0v) is 11.8. The lowest BCUT2D eigenvalue weighted by molar-refractivity contribution is 0.108. The lowest BCUT2D eigenvalue weighted by Crippen LogP contribution is -2.35. The summed E-state index contributed by atoms with van der Waals surface area (Å²) in [5.74, 6) is 2.02. The predicted molar refractivity (Wildman–Crippen MR) is 73.4 cm³/mol. The quantitative estimate of drug-likeness (QED) is 0.862. The summed E-state index contributed by atoms with van der Waals surface area (Å²) >= 11 is 0. The molecule has 1 saturated heterocycles. The monoisotopic (exact) mass is 266 g/mol. The smallest absolute Gasteiger partial charge is 0.219 e. The molecule has 1 aromatic heterocycles. The third-order valence-corrected chi connectivity index (χ3v) is 3.23. The minimum Gasteiger partial charge on any atom is -0.474 e. The molecule has 0 saturated carbocycles. The number of methoxy groups -OCH3 is 1. The highest BCUT2D eigenvalue weighted by atomic mass is 16.5. The van der Waals surface area contributed by atoms with Crippen molar-refractivity contribution in [3.63, 3.8) is 0 Å². The molecule has 2 rings (SSSR count). The molecule has 1 aromatic rings. The van der Waals surface area contributed by atoms with Crippen LogP contribution in [0.25, 0.3) is 0 Å². The number of likely N-dealkylation sites (tertiary alicyclic amines) is 1. The molecular formula is C13H22N4O2. The number of anilines is 1. The molecule has 2 heterocycles. The van der Waals surface area contributed by atoms with Crippen LogP contribution in [0, 0.1) is 0 Å². The van der Waals surface area contributed by atoms with Crippen molar-refractivity contribution in [2.45, 2.75) is 25.6 Å². The zero-order chi connectivity index (χ0) is 13.7. The van der Waals surface area contributed by atoms with Gasteiger partial charge in [-0.2, -0.15) is 4.98 Å². The summed E-state index contributed by atoms with van der Waals surface area (Å²) in [6.07, 6.45) is 2.32. The average Bonchev–Trinajstić information content (AvgIpc) is 2.41. The SMILES string of the molecule is CNc1cc(OC2CCN(C)CC2)nc(COC)n1. The molecule has 0 aromatic carbocycles. The summed E-state index contributed by atoms with van der Waals surface area (Å²) < 4.78 is 11.0. The highest BCUT2D eigenvalue weighted by molar-refractivity contribution is 5.37. The Kier molecular flexibility index (Phi) is 4.93. The third-order valence-electron chi connectivity index (χ3n) is 3.23. The van der Waals surface area contributed by atoms with E-state index in [9.17, 15) is 0 Å². The molecule has 0 spiro atoms. The Morgan fingerprint density at radius 3 is 2.74 bits per heavy atom. The van der Waals surface area contributed by atoms with Gasteiger partial charge in [-0.25, -0.2) is 4.98 Å². The fraction of sp³-hybridized carbons (Fsp3) is 0.692. The van der Waals surface area contributed by atoms with E-state index in [2.05, 4.69) is 27.2 Å². The average molecular weight is 266 g/mol. The number of rotatable bonds is 5. The second-order valence-electron chi connectivity index (χ2n) is 4.81. The summed E-state index contributed by atoms with van der Waals surface area (Å²) in [6, 6.07) is 1.83. The molecule has 0 aliphatic carbocycles. The number of nitrogens with one attached hydrogen (secondary N) is 1. The summed E-state index contributed by atoms with van der Waals surface area (Å²) in [4.78, 5) is 11.0. The van der Waals surface area contributed by atoms with Crippen LogP contribution in [0.3, 0.4) is 0 Å². The summed E-state index contributed by atoms with van der Waals surface area (Å²) in [5.41, 5.74) is 0. The van der Waals surface area contributed by atoms with E-state index in [1.54, 1.807) is 7.11 Å². The van der Waals surface area contributed by atoms with Gasteiger partial charge in [-0.1, -0.05) is 0 Å². The molecule has 0 atom stereocenters. The Morgan fingerprint density at radius 2 is 2.11 bits per heavy atom. The van der Waals surface area contributed by atoms with Gasteiger partial charge in [0.05, 0.1) is 0 Å². The van der Waals surface area contributed by atoms with Gasteiger partial charge in [-0.15, -0.1) is 0 Å². The van der Waals surface area contributed by atoms with Gasteiger partial charge >= 0.3 is 0 Å². The maximum atomic E-state index is 5.96. The van der Waals surface area contributed by atoms with Crippen LogP contribution in [0.1, 0.15) is 18.7 Å². The van der Waals surface area contributed by atoms with Crippen molar-refractivity contribution in [1.82, 2.24) is 14.9 Å². The molecule has 0 radical (unpaired) electrons.